The summed E-state index contributed by atoms with van der Waals surface area (Å²) in [6, 6.07) is 3.47. The first-order chi connectivity index (χ1) is 6.97. The Hall–Kier alpha value is -1.39. The second-order valence-electron chi connectivity index (χ2n) is 3.52. The third-order valence-corrected chi connectivity index (χ3v) is 2.22. The van der Waals surface area contributed by atoms with Crippen molar-refractivity contribution in [3.8, 4) is 5.75 Å². The predicted molar refractivity (Wildman–Crippen MR) is 50.0 cm³/mol. The van der Waals surface area contributed by atoms with Crippen LogP contribution in [0.3, 0.4) is 0 Å². The van der Waals surface area contributed by atoms with Crippen molar-refractivity contribution >= 4 is 5.69 Å². The summed E-state index contributed by atoms with van der Waals surface area (Å²) in [5, 5.41) is 3.00. The molecule has 1 unspecified atom stereocenters. The summed E-state index contributed by atoms with van der Waals surface area (Å²) < 4.78 is 42.4. The molecule has 1 heterocycles. The van der Waals surface area contributed by atoms with Gasteiger partial charge in [0.15, 0.2) is 0 Å². The van der Waals surface area contributed by atoms with Gasteiger partial charge in [0.2, 0.25) is 0 Å². The van der Waals surface area contributed by atoms with Crippen molar-refractivity contribution in [1.82, 2.24) is 0 Å². The zero-order valence-electron chi connectivity index (χ0n) is 8.06. The normalized spacial score (nSPS) is 20.1. The Labute approximate surface area is 85.0 Å². The van der Waals surface area contributed by atoms with Crippen LogP contribution in [0, 0.1) is 0 Å². The summed E-state index contributed by atoms with van der Waals surface area (Å²) in [5.74, 6) is 0.267. The highest BCUT2D eigenvalue weighted by Gasteiger charge is 2.32. The molecule has 2 rings (SSSR count). The number of alkyl halides is 3. The summed E-state index contributed by atoms with van der Waals surface area (Å²) >= 11 is 0. The van der Waals surface area contributed by atoms with Gasteiger partial charge in [0, 0.05) is 0 Å². The Morgan fingerprint density at radius 2 is 2.13 bits per heavy atom. The number of hydrogen-bond acceptors (Lipinski definition) is 2. The highest BCUT2D eigenvalue weighted by atomic mass is 19.4. The van der Waals surface area contributed by atoms with E-state index in [-0.39, 0.29) is 11.9 Å². The number of ether oxygens (including phenoxy) is 1. The maximum absolute atomic E-state index is 12.4. The third-order valence-electron chi connectivity index (χ3n) is 2.22. The Morgan fingerprint density at radius 3 is 2.80 bits per heavy atom. The highest BCUT2D eigenvalue weighted by molar-refractivity contribution is 5.59. The van der Waals surface area contributed by atoms with E-state index in [4.69, 9.17) is 4.74 Å². The second kappa shape index (κ2) is 3.32. The van der Waals surface area contributed by atoms with Crippen LogP contribution in [0.15, 0.2) is 18.2 Å². The largest absolute Gasteiger partial charge is 0.487 e. The minimum atomic E-state index is -4.32. The van der Waals surface area contributed by atoms with Crippen LogP contribution in [-0.4, -0.2) is 12.6 Å². The maximum atomic E-state index is 12.4. The van der Waals surface area contributed by atoms with Crippen LogP contribution < -0.4 is 10.1 Å². The maximum Gasteiger partial charge on any atom is 0.416 e. The number of rotatable bonds is 0. The molecule has 0 saturated carbocycles. The minimum absolute atomic E-state index is 0.110. The van der Waals surface area contributed by atoms with E-state index in [1.54, 1.807) is 6.92 Å². The summed E-state index contributed by atoms with van der Waals surface area (Å²) in [7, 11) is 0. The van der Waals surface area contributed by atoms with E-state index in [1.807, 2.05) is 0 Å². The van der Waals surface area contributed by atoms with Gasteiger partial charge in [0.1, 0.15) is 11.9 Å². The van der Waals surface area contributed by atoms with Crippen molar-refractivity contribution in [3.63, 3.8) is 0 Å². The number of benzene rings is 1. The quantitative estimate of drug-likeness (QED) is 0.721. The van der Waals surface area contributed by atoms with Crippen molar-refractivity contribution in [3.05, 3.63) is 23.8 Å². The number of nitrogens with one attached hydrogen (secondary N) is 1. The number of anilines is 1. The summed E-state index contributed by atoms with van der Waals surface area (Å²) in [6.45, 7) is 2.41. The predicted octanol–water partition coefficient (Wildman–Crippen LogP) is 2.90. The number of hydrogen-bond donors (Lipinski definition) is 1. The zero-order chi connectivity index (χ0) is 11.1. The van der Waals surface area contributed by atoms with E-state index >= 15 is 0 Å². The molecule has 82 valence electrons. The lowest BCUT2D eigenvalue weighted by Gasteiger charge is -2.25. The molecule has 15 heavy (non-hydrogen) atoms. The summed E-state index contributed by atoms with van der Waals surface area (Å²) in [4.78, 5) is 0. The molecule has 0 radical (unpaired) electrons. The summed E-state index contributed by atoms with van der Waals surface area (Å²) in [6.07, 6.45) is -4.43. The van der Waals surface area contributed by atoms with Gasteiger partial charge in [-0.05, 0) is 25.1 Å². The lowest BCUT2D eigenvalue weighted by Crippen LogP contribution is -2.27. The van der Waals surface area contributed by atoms with Crippen LogP contribution in [0.25, 0.3) is 0 Å². The van der Waals surface area contributed by atoms with Gasteiger partial charge in [-0.25, -0.2) is 0 Å². The van der Waals surface area contributed by atoms with Gasteiger partial charge < -0.3 is 10.1 Å². The second-order valence-corrected chi connectivity index (χ2v) is 3.52. The highest BCUT2D eigenvalue weighted by Crippen LogP contribution is 2.36. The Balaban J connectivity index is 2.37. The standard InChI is InChI=1S/C10H10F3NO/c1-6-5-14-8-3-2-7(10(11,12)13)4-9(8)15-6/h2-4,6,14H,5H2,1H3. The molecule has 1 atom stereocenters. The van der Waals surface area contributed by atoms with Gasteiger partial charge in [0.25, 0.3) is 0 Å². The van der Waals surface area contributed by atoms with Crippen LogP contribution in [-0.2, 0) is 6.18 Å². The van der Waals surface area contributed by atoms with E-state index in [2.05, 4.69) is 5.32 Å². The third kappa shape index (κ3) is 2.00. The molecule has 1 aromatic carbocycles. The van der Waals surface area contributed by atoms with Gasteiger partial charge in [-0.15, -0.1) is 0 Å². The van der Waals surface area contributed by atoms with Crippen molar-refractivity contribution in [2.24, 2.45) is 0 Å². The number of fused-ring (bicyclic) bond motifs is 1. The van der Waals surface area contributed by atoms with Crippen LogP contribution in [0.4, 0.5) is 18.9 Å². The molecular formula is C10H10F3NO. The van der Waals surface area contributed by atoms with E-state index < -0.39 is 11.7 Å². The van der Waals surface area contributed by atoms with Crippen LogP contribution in [0.5, 0.6) is 5.75 Å². The van der Waals surface area contributed by atoms with Crippen LogP contribution in [0.1, 0.15) is 12.5 Å². The van der Waals surface area contributed by atoms with Gasteiger partial charge in [-0.3, -0.25) is 0 Å². The van der Waals surface area contributed by atoms with Crippen LogP contribution >= 0.6 is 0 Å². The van der Waals surface area contributed by atoms with E-state index in [9.17, 15) is 13.2 Å². The average molecular weight is 217 g/mol. The molecule has 0 fully saturated rings. The molecule has 1 N–H and O–H groups in total. The first-order valence-electron chi connectivity index (χ1n) is 4.58. The fourth-order valence-corrected chi connectivity index (χ4v) is 1.45. The average Bonchev–Trinajstić information content (AvgIpc) is 2.15. The van der Waals surface area contributed by atoms with Crippen molar-refractivity contribution < 1.29 is 17.9 Å². The fourth-order valence-electron chi connectivity index (χ4n) is 1.45. The minimum Gasteiger partial charge on any atom is -0.487 e. The van der Waals surface area contributed by atoms with E-state index in [1.165, 1.54) is 6.07 Å². The molecule has 0 aliphatic carbocycles. The molecule has 0 spiro atoms. The zero-order valence-corrected chi connectivity index (χ0v) is 8.06. The molecule has 1 aromatic rings. The van der Waals surface area contributed by atoms with Crippen molar-refractivity contribution in [2.75, 3.05) is 11.9 Å². The van der Waals surface area contributed by atoms with Gasteiger partial charge in [-0.2, -0.15) is 13.2 Å². The monoisotopic (exact) mass is 217 g/mol. The molecule has 0 aromatic heterocycles. The molecule has 0 amide bonds. The Bertz CT molecular complexity index is 375. The van der Waals surface area contributed by atoms with Crippen molar-refractivity contribution in [2.45, 2.75) is 19.2 Å². The molecule has 2 nitrogen and oxygen atoms in total. The first-order valence-corrected chi connectivity index (χ1v) is 4.58. The Morgan fingerprint density at radius 1 is 1.40 bits per heavy atom. The van der Waals surface area contributed by atoms with Crippen molar-refractivity contribution in [1.29, 1.82) is 0 Å². The SMILES string of the molecule is CC1CNc2ccc(C(F)(F)F)cc2O1. The van der Waals surface area contributed by atoms with E-state index in [0.717, 1.165) is 12.1 Å². The lowest BCUT2D eigenvalue weighted by atomic mass is 10.1. The fraction of sp³-hybridized carbons (Fsp3) is 0.400. The number of halogens is 3. The van der Waals surface area contributed by atoms with Gasteiger partial charge in [-0.1, -0.05) is 0 Å². The Kier molecular flexibility index (Phi) is 2.25. The first kappa shape index (κ1) is 10.1. The molecule has 5 heteroatoms. The molecule has 1 aliphatic heterocycles. The molecule has 1 aliphatic rings. The van der Waals surface area contributed by atoms with Gasteiger partial charge in [0.05, 0.1) is 17.8 Å². The lowest BCUT2D eigenvalue weighted by molar-refractivity contribution is -0.137. The van der Waals surface area contributed by atoms with Gasteiger partial charge >= 0.3 is 6.18 Å². The molecule has 0 saturated heterocycles. The van der Waals surface area contributed by atoms with Crippen LogP contribution in [0.2, 0.25) is 0 Å². The van der Waals surface area contributed by atoms with E-state index in [0.29, 0.717) is 12.2 Å². The smallest absolute Gasteiger partial charge is 0.416 e. The summed E-state index contributed by atoms with van der Waals surface area (Å²) in [5.41, 5.74) is -0.0711. The molecule has 0 bridgehead atoms. The molecular weight excluding hydrogens is 207 g/mol. The topological polar surface area (TPSA) is 21.3 Å².